The number of alkyl halides is 3. The van der Waals surface area contributed by atoms with Crippen molar-refractivity contribution in [2.45, 2.75) is 25.4 Å². The van der Waals surface area contributed by atoms with Crippen LogP contribution < -0.4 is 0 Å². The monoisotopic (exact) mass is 319 g/mol. The summed E-state index contributed by atoms with van der Waals surface area (Å²) in [7, 11) is 0. The maximum atomic E-state index is 12.7. The largest absolute Gasteiger partial charge is 0.393 e. The van der Waals surface area contributed by atoms with Crippen molar-refractivity contribution in [2.24, 2.45) is 5.92 Å². The van der Waals surface area contributed by atoms with Crippen LogP contribution in [-0.2, 0) is 0 Å². The minimum atomic E-state index is -4.15. The first-order valence-corrected chi connectivity index (χ1v) is 7.32. The molecule has 116 valence electrons. The number of carbonyl (C=O) groups excluding carboxylic acids is 1. The number of ketones is 1. The fourth-order valence-electron chi connectivity index (χ4n) is 2.61. The van der Waals surface area contributed by atoms with Crippen LogP contribution in [0.3, 0.4) is 0 Å². The van der Waals surface area contributed by atoms with Crippen LogP contribution in [0.25, 0.3) is 0 Å². The molecule has 0 aromatic heterocycles. The molecule has 0 saturated carbocycles. The predicted octanol–water partition coefficient (Wildman–Crippen LogP) is 4.19. The first kappa shape index (κ1) is 16.3. The second-order valence-electron chi connectivity index (χ2n) is 5.33. The van der Waals surface area contributed by atoms with E-state index in [0.717, 1.165) is 0 Å². The van der Waals surface area contributed by atoms with Gasteiger partial charge < -0.3 is 4.90 Å². The van der Waals surface area contributed by atoms with Gasteiger partial charge in [-0.2, -0.15) is 13.2 Å². The van der Waals surface area contributed by atoms with Gasteiger partial charge in [0.15, 0.2) is 5.78 Å². The van der Waals surface area contributed by atoms with Gasteiger partial charge in [0.25, 0.3) is 0 Å². The van der Waals surface area contributed by atoms with Crippen LogP contribution in [0.5, 0.6) is 0 Å². The predicted molar refractivity (Wildman–Crippen MR) is 75.6 cm³/mol. The highest BCUT2D eigenvalue weighted by Crippen LogP contribution is 2.33. The molecule has 6 heteroatoms. The zero-order chi connectivity index (χ0) is 15.5. The van der Waals surface area contributed by atoms with Gasteiger partial charge in [0, 0.05) is 25.1 Å². The lowest BCUT2D eigenvalue weighted by Crippen LogP contribution is -2.42. The second kappa shape index (κ2) is 6.79. The fraction of sp³-hybridized carbons (Fsp3) is 0.533. The van der Waals surface area contributed by atoms with E-state index >= 15 is 0 Å². The molecule has 0 amide bonds. The maximum absolute atomic E-state index is 12.7. The average Bonchev–Trinajstić information content (AvgIpc) is 2.45. The first-order chi connectivity index (χ1) is 9.88. The Kier molecular flexibility index (Phi) is 5.27. The Morgan fingerprint density at radius 2 is 2.05 bits per heavy atom. The lowest BCUT2D eigenvalue weighted by molar-refractivity contribution is -0.186. The standard InChI is InChI=1S/C15H17ClF3NO/c16-13-6-2-1-5-12(13)14(21)7-9-20-8-3-4-11(10-20)15(17,18)19/h1-2,5-6,11H,3-4,7-10H2. The Bertz CT molecular complexity index is 504. The Hall–Kier alpha value is -1.07. The number of hydrogen-bond donors (Lipinski definition) is 0. The highest BCUT2D eigenvalue weighted by atomic mass is 35.5. The summed E-state index contributed by atoms with van der Waals surface area (Å²) in [4.78, 5) is 13.8. The van der Waals surface area contributed by atoms with Crippen LogP contribution in [-0.4, -0.2) is 36.5 Å². The van der Waals surface area contributed by atoms with Crippen molar-refractivity contribution in [3.05, 3.63) is 34.9 Å². The van der Waals surface area contributed by atoms with E-state index in [9.17, 15) is 18.0 Å². The third-order valence-corrected chi connectivity index (χ3v) is 4.13. The molecule has 1 aliphatic rings. The number of likely N-dealkylation sites (tertiary alicyclic amines) is 1. The summed E-state index contributed by atoms with van der Waals surface area (Å²) in [6.07, 6.45) is -3.26. The van der Waals surface area contributed by atoms with E-state index in [4.69, 9.17) is 11.6 Å². The molecular formula is C15H17ClF3NO. The number of halogens is 4. The lowest BCUT2D eigenvalue weighted by Gasteiger charge is -2.33. The number of hydrogen-bond acceptors (Lipinski definition) is 2. The first-order valence-electron chi connectivity index (χ1n) is 6.94. The molecule has 1 heterocycles. The van der Waals surface area contributed by atoms with Crippen LogP contribution in [0.1, 0.15) is 29.6 Å². The second-order valence-corrected chi connectivity index (χ2v) is 5.74. The van der Waals surface area contributed by atoms with Crippen molar-refractivity contribution < 1.29 is 18.0 Å². The number of rotatable bonds is 4. The van der Waals surface area contributed by atoms with E-state index in [1.807, 2.05) is 0 Å². The third-order valence-electron chi connectivity index (χ3n) is 3.80. The summed E-state index contributed by atoms with van der Waals surface area (Å²) in [5, 5.41) is 0.384. The van der Waals surface area contributed by atoms with Crippen molar-refractivity contribution in [3.8, 4) is 0 Å². The van der Waals surface area contributed by atoms with Crippen LogP contribution in [0.2, 0.25) is 5.02 Å². The molecule has 21 heavy (non-hydrogen) atoms. The molecule has 1 fully saturated rings. The molecule has 1 aromatic carbocycles. The van der Waals surface area contributed by atoms with Gasteiger partial charge in [0.1, 0.15) is 0 Å². The molecule has 1 aromatic rings. The Labute approximate surface area is 126 Å². The minimum absolute atomic E-state index is 0.0146. The summed E-state index contributed by atoms with van der Waals surface area (Å²) in [6, 6.07) is 6.73. The molecule has 1 atom stereocenters. The van der Waals surface area contributed by atoms with Crippen LogP contribution >= 0.6 is 11.6 Å². The molecule has 2 rings (SSSR count). The van der Waals surface area contributed by atoms with Crippen LogP contribution in [0.15, 0.2) is 24.3 Å². The summed E-state index contributed by atoms with van der Waals surface area (Å²) in [6.45, 7) is 0.943. The van der Waals surface area contributed by atoms with Gasteiger partial charge in [-0.3, -0.25) is 4.79 Å². The number of Topliss-reactive ketones (excluding diaryl/α,β-unsaturated/α-hetero) is 1. The van der Waals surface area contributed by atoms with Crippen LogP contribution in [0.4, 0.5) is 13.2 Å². The summed E-state index contributed by atoms with van der Waals surface area (Å²) in [5.74, 6) is -1.41. The van der Waals surface area contributed by atoms with Gasteiger partial charge in [-0.15, -0.1) is 0 Å². The highest BCUT2D eigenvalue weighted by Gasteiger charge is 2.41. The lowest BCUT2D eigenvalue weighted by atomic mass is 9.97. The van der Waals surface area contributed by atoms with Gasteiger partial charge in [-0.1, -0.05) is 23.7 Å². The molecule has 0 N–H and O–H groups in total. The van der Waals surface area contributed by atoms with Crippen molar-refractivity contribution >= 4 is 17.4 Å². The molecule has 0 radical (unpaired) electrons. The van der Waals surface area contributed by atoms with E-state index in [1.54, 1.807) is 29.2 Å². The molecule has 1 unspecified atom stereocenters. The molecule has 0 aliphatic carbocycles. The van der Waals surface area contributed by atoms with Gasteiger partial charge in [-0.25, -0.2) is 0 Å². The summed E-state index contributed by atoms with van der Waals surface area (Å²) >= 11 is 5.94. The topological polar surface area (TPSA) is 20.3 Å². The zero-order valence-corrected chi connectivity index (χ0v) is 12.3. The van der Waals surface area contributed by atoms with Crippen molar-refractivity contribution in [1.82, 2.24) is 4.90 Å². The van der Waals surface area contributed by atoms with Gasteiger partial charge in [-0.05, 0) is 31.5 Å². The van der Waals surface area contributed by atoms with E-state index in [2.05, 4.69) is 0 Å². The highest BCUT2D eigenvalue weighted by molar-refractivity contribution is 6.33. The summed E-state index contributed by atoms with van der Waals surface area (Å²) < 4.78 is 38.2. The third kappa shape index (κ3) is 4.45. The SMILES string of the molecule is O=C(CCN1CCCC(C(F)(F)F)C1)c1ccccc1Cl. The maximum Gasteiger partial charge on any atom is 0.393 e. The number of carbonyl (C=O) groups is 1. The molecule has 1 aliphatic heterocycles. The minimum Gasteiger partial charge on any atom is -0.302 e. The molecule has 2 nitrogen and oxygen atoms in total. The smallest absolute Gasteiger partial charge is 0.302 e. The summed E-state index contributed by atoms with van der Waals surface area (Å²) in [5.41, 5.74) is 0.434. The van der Waals surface area contributed by atoms with E-state index < -0.39 is 12.1 Å². The fourth-order valence-corrected chi connectivity index (χ4v) is 2.85. The molecule has 1 saturated heterocycles. The number of piperidine rings is 1. The zero-order valence-electron chi connectivity index (χ0n) is 11.5. The van der Waals surface area contributed by atoms with E-state index in [1.165, 1.54) is 0 Å². The van der Waals surface area contributed by atoms with E-state index in [-0.39, 0.29) is 25.2 Å². The molecular weight excluding hydrogens is 303 g/mol. The van der Waals surface area contributed by atoms with Gasteiger partial charge >= 0.3 is 6.18 Å². The average molecular weight is 320 g/mol. The van der Waals surface area contributed by atoms with E-state index in [0.29, 0.717) is 30.1 Å². The number of nitrogens with zero attached hydrogens (tertiary/aromatic N) is 1. The Balaban J connectivity index is 1.88. The van der Waals surface area contributed by atoms with Crippen molar-refractivity contribution in [2.75, 3.05) is 19.6 Å². The van der Waals surface area contributed by atoms with Crippen LogP contribution in [0, 0.1) is 5.92 Å². The Morgan fingerprint density at radius 3 is 2.71 bits per heavy atom. The van der Waals surface area contributed by atoms with Gasteiger partial charge in [0.05, 0.1) is 10.9 Å². The molecule has 0 bridgehead atoms. The van der Waals surface area contributed by atoms with Crippen molar-refractivity contribution in [1.29, 1.82) is 0 Å². The Morgan fingerprint density at radius 1 is 1.33 bits per heavy atom. The number of benzene rings is 1. The van der Waals surface area contributed by atoms with Gasteiger partial charge in [0.2, 0.25) is 0 Å². The molecule has 0 spiro atoms. The quantitative estimate of drug-likeness (QED) is 0.776. The normalized spacial score (nSPS) is 20.5. The van der Waals surface area contributed by atoms with Crippen molar-refractivity contribution in [3.63, 3.8) is 0 Å².